The zero-order chi connectivity index (χ0) is 19.9. The van der Waals surface area contributed by atoms with Crippen LogP contribution >= 0.6 is 11.3 Å². The van der Waals surface area contributed by atoms with Crippen molar-refractivity contribution in [2.75, 3.05) is 44.2 Å². The highest BCUT2D eigenvalue weighted by Gasteiger charge is 2.65. The van der Waals surface area contributed by atoms with Crippen molar-refractivity contribution in [3.05, 3.63) is 40.8 Å². The predicted octanol–water partition coefficient (Wildman–Crippen LogP) is 2.88. The van der Waals surface area contributed by atoms with Crippen molar-refractivity contribution in [2.24, 2.45) is 10.8 Å². The number of likely N-dealkylation sites (tertiary alicyclic amines) is 2. The van der Waals surface area contributed by atoms with E-state index in [4.69, 9.17) is 0 Å². The van der Waals surface area contributed by atoms with Crippen molar-refractivity contribution < 1.29 is 4.79 Å². The summed E-state index contributed by atoms with van der Waals surface area (Å²) < 4.78 is 0. The van der Waals surface area contributed by atoms with Gasteiger partial charge in [0.15, 0.2) is 0 Å². The van der Waals surface area contributed by atoms with Crippen LogP contribution in [0.15, 0.2) is 35.3 Å². The Morgan fingerprint density at radius 3 is 2.55 bits per heavy atom. The third kappa shape index (κ3) is 3.06. The van der Waals surface area contributed by atoms with Crippen LogP contribution in [0, 0.1) is 10.8 Å². The van der Waals surface area contributed by atoms with E-state index in [2.05, 4.69) is 48.4 Å². The molecule has 2 aromatic rings. The summed E-state index contributed by atoms with van der Waals surface area (Å²) in [6.45, 7) is 8.58. The number of carbonyl (C=O) groups is 1. The standard InChI is InChI=1S/C22H29N5OS/c1-2-26-12-7-22(19(26)28)17-27(20-23-8-3-9-24-20)16-21(22)5-10-25(11-6-21)14-18-4-13-29-15-18/h3-4,8-9,13,15H,2,5-7,10-12,14,16-17H2,1H3/t22-/m0/s1. The molecule has 3 aliphatic heterocycles. The minimum absolute atomic E-state index is 0.0261. The number of fused-ring (bicyclic) bond motifs is 1. The number of thiophene rings is 1. The van der Waals surface area contributed by atoms with E-state index < -0.39 is 0 Å². The van der Waals surface area contributed by atoms with E-state index in [1.807, 2.05) is 6.07 Å². The second-order valence-electron chi connectivity index (χ2n) is 8.81. The van der Waals surface area contributed by atoms with Crippen LogP contribution in [0.4, 0.5) is 5.95 Å². The summed E-state index contributed by atoms with van der Waals surface area (Å²) in [6, 6.07) is 4.08. The lowest BCUT2D eigenvalue weighted by molar-refractivity contribution is -0.142. The monoisotopic (exact) mass is 411 g/mol. The Bertz CT molecular complexity index is 849. The molecule has 154 valence electrons. The number of carbonyl (C=O) groups excluding carboxylic acids is 1. The molecule has 5 rings (SSSR count). The van der Waals surface area contributed by atoms with Gasteiger partial charge in [-0.15, -0.1) is 0 Å². The molecule has 0 unspecified atom stereocenters. The second-order valence-corrected chi connectivity index (χ2v) is 9.59. The predicted molar refractivity (Wildman–Crippen MR) is 115 cm³/mol. The molecule has 5 heterocycles. The summed E-state index contributed by atoms with van der Waals surface area (Å²) in [7, 11) is 0. The van der Waals surface area contributed by atoms with Crippen LogP contribution < -0.4 is 4.90 Å². The highest BCUT2D eigenvalue weighted by Crippen LogP contribution is 2.58. The molecule has 3 aliphatic rings. The van der Waals surface area contributed by atoms with Gasteiger partial charge in [-0.2, -0.15) is 11.3 Å². The summed E-state index contributed by atoms with van der Waals surface area (Å²) in [5.74, 6) is 1.14. The fourth-order valence-electron chi connectivity index (χ4n) is 5.86. The third-order valence-electron chi connectivity index (χ3n) is 7.49. The first kappa shape index (κ1) is 19.0. The number of hydrogen-bond acceptors (Lipinski definition) is 6. The molecule has 1 amide bonds. The molecular formula is C22H29N5OS. The van der Waals surface area contributed by atoms with Gasteiger partial charge >= 0.3 is 0 Å². The topological polar surface area (TPSA) is 52.6 Å². The lowest BCUT2D eigenvalue weighted by atomic mass is 9.60. The number of amides is 1. The zero-order valence-corrected chi connectivity index (χ0v) is 17.9. The van der Waals surface area contributed by atoms with Gasteiger partial charge in [0.25, 0.3) is 0 Å². The number of aromatic nitrogens is 2. The average molecular weight is 412 g/mol. The molecule has 1 atom stereocenters. The van der Waals surface area contributed by atoms with E-state index in [1.54, 1.807) is 23.7 Å². The Labute approximate surface area is 176 Å². The first-order valence-corrected chi connectivity index (χ1v) is 11.6. The summed E-state index contributed by atoms with van der Waals surface area (Å²) in [6.07, 6.45) is 6.72. The maximum atomic E-state index is 13.6. The second kappa shape index (κ2) is 7.36. The first-order valence-electron chi connectivity index (χ1n) is 10.7. The van der Waals surface area contributed by atoms with Crippen molar-refractivity contribution in [1.29, 1.82) is 0 Å². The Hall–Kier alpha value is -1.99. The quantitative estimate of drug-likeness (QED) is 0.774. The molecule has 6 nitrogen and oxygen atoms in total. The molecule has 0 bridgehead atoms. The van der Waals surface area contributed by atoms with Crippen molar-refractivity contribution in [1.82, 2.24) is 19.8 Å². The number of hydrogen-bond donors (Lipinski definition) is 0. The van der Waals surface area contributed by atoms with E-state index in [-0.39, 0.29) is 10.8 Å². The van der Waals surface area contributed by atoms with E-state index in [0.29, 0.717) is 5.91 Å². The van der Waals surface area contributed by atoms with Crippen LogP contribution in [-0.2, 0) is 11.3 Å². The van der Waals surface area contributed by atoms with Crippen molar-refractivity contribution in [2.45, 2.75) is 32.7 Å². The molecule has 3 fully saturated rings. The SMILES string of the molecule is CCN1CC[C@]2(CN(c3ncccn3)CC23CCN(Cc2ccsc2)CC3)C1=O. The molecule has 0 radical (unpaired) electrons. The van der Waals surface area contributed by atoms with E-state index in [1.165, 1.54) is 5.56 Å². The number of piperidine rings is 1. The van der Waals surface area contributed by atoms with Crippen LogP contribution in [0.3, 0.4) is 0 Å². The zero-order valence-electron chi connectivity index (χ0n) is 17.1. The summed E-state index contributed by atoms with van der Waals surface area (Å²) in [5.41, 5.74) is 1.15. The average Bonchev–Trinajstić information content (AvgIpc) is 3.46. The molecule has 0 aliphatic carbocycles. The van der Waals surface area contributed by atoms with Gasteiger partial charge in [0.2, 0.25) is 11.9 Å². The van der Waals surface area contributed by atoms with Crippen LogP contribution in [-0.4, -0.2) is 64.9 Å². The van der Waals surface area contributed by atoms with Gasteiger partial charge in [-0.05, 0) is 67.7 Å². The fourth-order valence-corrected chi connectivity index (χ4v) is 6.52. The summed E-state index contributed by atoms with van der Waals surface area (Å²) in [5, 5.41) is 4.40. The van der Waals surface area contributed by atoms with Gasteiger partial charge in [0, 0.05) is 50.5 Å². The normalized spacial score (nSPS) is 26.9. The molecule has 0 N–H and O–H groups in total. The molecule has 29 heavy (non-hydrogen) atoms. The van der Waals surface area contributed by atoms with E-state index in [9.17, 15) is 4.79 Å². The van der Waals surface area contributed by atoms with Crippen molar-refractivity contribution in [3.8, 4) is 0 Å². The Kier molecular flexibility index (Phi) is 4.82. The smallest absolute Gasteiger partial charge is 0.231 e. The van der Waals surface area contributed by atoms with Crippen LogP contribution in [0.1, 0.15) is 31.7 Å². The van der Waals surface area contributed by atoms with Crippen LogP contribution in [0.2, 0.25) is 0 Å². The molecular weight excluding hydrogens is 382 g/mol. The van der Waals surface area contributed by atoms with E-state index >= 15 is 0 Å². The van der Waals surface area contributed by atoms with Crippen LogP contribution in [0.5, 0.6) is 0 Å². The van der Waals surface area contributed by atoms with Crippen molar-refractivity contribution >= 4 is 23.2 Å². The Balaban J connectivity index is 1.41. The van der Waals surface area contributed by atoms with Gasteiger partial charge in [0.1, 0.15) is 0 Å². The maximum absolute atomic E-state index is 13.6. The fraction of sp³-hybridized carbons (Fsp3) is 0.591. The molecule has 3 saturated heterocycles. The molecule has 7 heteroatoms. The summed E-state index contributed by atoms with van der Waals surface area (Å²) >= 11 is 1.77. The molecule has 2 spiro atoms. The lowest BCUT2D eigenvalue weighted by Crippen LogP contribution is -2.52. The van der Waals surface area contributed by atoms with Gasteiger partial charge in [-0.1, -0.05) is 0 Å². The number of nitrogens with zero attached hydrogens (tertiary/aromatic N) is 5. The minimum atomic E-state index is -0.281. The van der Waals surface area contributed by atoms with Crippen molar-refractivity contribution in [3.63, 3.8) is 0 Å². The maximum Gasteiger partial charge on any atom is 0.231 e. The lowest BCUT2D eigenvalue weighted by Gasteiger charge is -2.46. The van der Waals surface area contributed by atoms with Crippen LogP contribution in [0.25, 0.3) is 0 Å². The number of rotatable bonds is 4. The van der Waals surface area contributed by atoms with Gasteiger partial charge in [-0.25, -0.2) is 9.97 Å². The Morgan fingerprint density at radius 1 is 1.10 bits per heavy atom. The highest BCUT2D eigenvalue weighted by molar-refractivity contribution is 7.07. The van der Waals surface area contributed by atoms with Gasteiger partial charge in [-0.3, -0.25) is 9.69 Å². The van der Waals surface area contributed by atoms with Gasteiger partial charge in [0.05, 0.1) is 5.41 Å². The van der Waals surface area contributed by atoms with Gasteiger partial charge < -0.3 is 9.80 Å². The third-order valence-corrected chi connectivity index (χ3v) is 8.22. The molecule has 2 aromatic heterocycles. The minimum Gasteiger partial charge on any atom is -0.342 e. The first-order chi connectivity index (χ1) is 14.2. The summed E-state index contributed by atoms with van der Waals surface area (Å²) in [4.78, 5) is 29.5. The number of anilines is 1. The van der Waals surface area contributed by atoms with E-state index in [0.717, 1.165) is 71.0 Å². The largest absolute Gasteiger partial charge is 0.342 e. The molecule has 0 saturated carbocycles. The highest BCUT2D eigenvalue weighted by atomic mass is 32.1. The Morgan fingerprint density at radius 2 is 1.90 bits per heavy atom. The molecule has 0 aromatic carbocycles.